The molecule has 0 radical (unpaired) electrons. The van der Waals surface area contributed by atoms with Crippen LogP contribution < -0.4 is 0 Å². The Morgan fingerprint density at radius 1 is 1.10 bits per heavy atom. The fourth-order valence-electron chi connectivity index (χ4n) is 3.57. The van der Waals surface area contributed by atoms with Gasteiger partial charge in [0.15, 0.2) is 5.78 Å². The molecule has 5 heteroatoms. The molecule has 164 valence electrons. The van der Waals surface area contributed by atoms with Crippen LogP contribution in [0.1, 0.15) is 48.2 Å². The molecule has 0 fully saturated rings. The number of aliphatic hydroxyl groups is 1. The highest BCUT2D eigenvalue weighted by molar-refractivity contribution is 6.31. The van der Waals surface area contributed by atoms with Crippen LogP contribution in [0.4, 0.5) is 0 Å². The summed E-state index contributed by atoms with van der Waals surface area (Å²) in [7, 11) is 0. The fraction of sp³-hybridized carbons (Fsp3) is 0.480. The first-order chi connectivity index (χ1) is 14.4. The van der Waals surface area contributed by atoms with Crippen molar-refractivity contribution in [1.82, 2.24) is 4.90 Å². The number of rotatable bonds is 13. The Hall–Kier alpha value is -1.72. The van der Waals surface area contributed by atoms with Crippen LogP contribution in [0.15, 0.2) is 48.5 Å². The largest absolute Gasteiger partial charge is 0.389 e. The van der Waals surface area contributed by atoms with Crippen molar-refractivity contribution >= 4 is 17.4 Å². The predicted molar refractivity (Wildman–Crippen MR) is 123 cm³/mol. The number of halogens is 1. The van der Waals surface area contributed by atoms with Crippen molar-refractivity contribution in [2.75, 3.05) is 26.2 Å². The lowest BCUT2D eigenvalue weighted by Crippen LogP contribution is -2.38. The highest BCUT2D eigenvalue weighted by Gasteiger charge is 2.23. The number of hydrogen-bond donors (Lipinski definition) is 1. The molecule has 1 N–H and O–H groups in total. The van der Waals surface area contributed by atoms with Gasteiger partial charge in [0.1, 0.15) is 6.10 Å². The van der Waals surface area contributed by atoms with Crippen molar-refractivity contribution in [2.24, 2.45) is 0 Å². The SMILES string of the molecule is CCCN(CCC)CC(O)COC(Cc1ccc(Cl)c(C)c1)C(=O)c1ccccc1. The van der Waals surface area contributed by atoms with Gasteiger partial charge in [-0.25, -0.2) is 0 Å². The fourth-order valence-corrected chi connectivity index (χ4v) is 3.69. The molecule has 0 aromatic heterocycles. The number of hydrogen-bond acceptors (Lipinski definition) is 4. The maximum atomic E-state index is 13.1. The molecule has 2 aromatic rings. The van der Waals surface area contributed by atoms with Crippen LogP contribution in [-0.4, -0.2) is 54.2 Å². The van der Waals surface area contributed by atoms with Crippen LogP contribution >= 0.6 is 11.6 Å². The topological polar surface area (TPSA) is 49.8 Å². The number of nitrogens with zero attached hydrogens (tertiary/aromatic N) is 1. The van der Waals surface area contributed by atoms with Crippen molar-refractivity contribution in [1.29, 1.82) is 0 Å². The molecule has 0 bridgehead atoms. The van der Waals surface area contributed by atoms with Gasteiger partial charge in [0.05, 0.1) is 12.7 Å². The number of carbonyl (C=O) groups excluding carboxylic acids is 1. The molecule has 0 aliphatic rings. The van der Waals surface area contributed by atoms with E-state index in [4.69, 9.17) is 16.3 Å². The van der Waals surface area contributed by atoms with Gasteiger partial charge in [0, 0.05) is 23.6 Å². The normalized spacial score (nSPS) is 13.4. The van der Waals surface area contributed by atoms with Crippen molar-refractivity contribution in [2.45, 2.75) is 52.2 Å². The lowest BCUT2D eigenvalue weighted by atomic mass is 9.99. The van der Waals surface area contributed by atoms with Crippen molar-refractivity contribution in [3.63, 3.8) is 0 Å². The summed E-state index contributed by atoms with van der Waals surface area (Å²) in [5.74, 6) is -0.0747. The van der Waals surface area contributed by atoms with Gasteiger partial charge in [-0.15, -0.1) is 0 Å². The summed E-state index contributed by atoms with van der Waals surface area (Å²) >= 11 is 6.14. The Morgan fingerprint density at radius 2 is 1.77 bits per heavy atom. The molecule has 2 atom stereocenters. The Kier molecular flexibility index (Phi) is 10.5. The zero-order valence-electron chi connectivity index (χ0n) is 18.3. The number of ketones is 1. The molecule has 0 saturated carbocycles. The van der Waals surface area contributed by atoms with Gasteiger partial charge in [-0.2, -0.15) is 0 Å². The van der Waals surface area contributed by atoms with E-state index in [-0.39, 0.29) is 12.4 Å². The molecule has 0 spiro atoms. The molecule has 0 aliphatic heterocycles. The lowest BCUT2D eigenvalue weighted by molar-refractivity contribution is -0.0134. The molecule has 30 heavy (non-hydrogen) atoms. The van der Waals surface area contributed by atoms with Crippen LogP contribution in [-0.2, 0) is 11.2 Å². The number of Topliss-reactive ketones (excluding diaryl/α,β-unsaturated/α-hetero) is 1. The van der Waals surface area contributed by atoms with E-state index in [1.54, 1.807) is 12.1 Å². The van der Waals surface area contributed by atoms with Crippen molar-refractivity contribution in [3.8, 4) is 0 Å². The number of ether oxygens (including phenoxy) is 1. The molecule has 0 amide bonds. The average molecular weight is 432 g/mol. The zero-order chi connectivity index (χ0) is 21.9. The van der Waals surface area contributed by atoms with Crippen LogP contribution in [0, 0.1) is 6.92 Å². The first-order valence-electron chi connectivity index (χ1n) is 10.8. The Bertz CT molecular complexity index is 775. The summed E-state index contributed by atoms with van der Waals surface area (Å²) in [6.07, 6.45) is 1.22. The van der Waals surface area contributed by atoms with Gasteiger partial charge in [0.2, 0.25) is 0 Å². The van der Waals surface area contributed by atoms with Gasteiger partial charge in [-0.1, -0.05) is 67.9 Å². The van der Waals surface area contributed by atoms with Gasteiger partial charge >= 0.3 is 0 Å². The number of aryl methyl sites for hydroxylation is 1. The van der Waals surface area contributed by atoms with E-state index in [0.29, 0.717) is 23.6 Å². The standard InChI is InChI=1S/C25H34ClNO3/c1-4-13-27(14-5-2)17-22(28)18-30-24(25(29)21-9-7-6-8-10-21)16-20-11-12-23(26)19(3)15-20/h6-12,15,22,24,28H,4-5,13-14,16-18H2,1-3H3. The highest BCUT2D eigenvalue weighted by Crippen LogP contribution is 2.19. The maximum Gasteiger partial charge on any atom is 0.191 e. The number of carbonyl (C=O) groups is 1. The van der Waals surface area contributed by atoms with E-state index >= 15 is 0 Å². The summed E-state index contributed by atoms with van der Waals surface area (Å²) in [5, 5.41) is 11.2. The molecule has 2 rings (SSSR count). The monoisotopic (exact) mass is 431 g/mol. The lowest BCUT2D eigenvalue weighted by Gasteiger charge is -2.25. The third-order valence-electron chi connectivity index (χ3n) is 5.03. The summed E-state index contributed by atoms with van der Waals surface area (Å²) in [6, 6.07) is 14.9. The Morgan fingerprint density at radius 3 is 2.37 bits per heavy atom. The molecular formula is C25H34ClNO3. The van der Waals surface area contributed by atoms with Crippen molar-refractivity contribution in [3.05, 3.63) is 70.2 Å². The first kappa shape index (κ1) is 24.5. The third kappa shape index (κ3) is 7.84. The van der Waals surface area contributed by atoms with E-state index in [2.05, 4.69) is 18.7 Å². The highest BCUT2D eigenvalue weighted by atomic mass is 35.5. The van der Waals surface area contributed by atoms with Gasteiger partial charge in [-0.05, 0) is 50.0 Å². The smallest absolute Gasteiger partial charge is 0.191 e. The molecule has 2 unspecified atom stereocenters. The van der Waals surface area contributed by atoms with E-state index in [1.807, 2.05) is 43.3 Å². The zero-order valence-corrected chi connectivity index (χ0v) is 19.1. The third-order valence-corrected chi connectivity index (χ3v) is 5.46. The average Bonchev–Trinajstić information content (AvgIpc) is 2.74. The molecule has 2 aromatic carbocycles. The Labute approximate surface area is 185 Å². The van der Waals surface area contributed by atoms with E-state index in [1.165, 1.54) is 0 Å². The minimum atomic E-state index is -0.659. The van der Waals surface area contributed by atoms with E-state index in [0.717, 1.165) is 37.1 Å². The van der Waals surface area contributed by atoms with Gasteiger partial charge < -0.3 is 14.7 Å². The second kappa shape index (κ2) is 12.9. The summed E-state index contributed by atoms with van der Waals surface area (Å²) in [4.78, 5) is 15.3. The van der Waals surface area contributed by atoms with Crippen LogP contribution in [0.5, 0.6) is 0 Å². The summed E-state index contributed by atoms with van der Waals surface area (Å²) in [5.41, 5.74) is 2.57. The van der Waals surface area contributed by atoms with E-state index in [9.17, 15) is 9.90 Å². The summed E-state index contributed by atoms with van der Waals surface area (Å²) < 4.78 is 5.99. The second-order valence-corrected chi connectivity index (χ2v) is 8.20. The number of benzene rings is 2. The quantitative estimate of drug-likeness (QED) is 0.456. The van der Waals surface area contributed by atoms with Gasteiger partial charge in [0.25, 0.3) is 0 Å². The minimum absolute atomic E-state index is 0.0747. The second-order valence-electron chi connectivity index (χ2n) is 7.79. The first-order valence-corrected chi connectivity index (χ1v) is 11.2. The molecule has 0 saturated heterocycles. The van der Waals surface area contributed by atoms with Gasteiger partial charge in [-0.3, -0.25) is 4.79 Å². The van der Waals surface area contributed by atoms with Crippen LogP contribution in [0.2, 0.25) is 5.02 Å². The predicted octanol–water partition coefficient (Wildman–Crippen LogP) is 4.94. The molecule has 0 heterocycles. The maximum absolute atomic E-state index is 13.1. The molecular weight excluding hydrogens is 398 g/mol. The van der Waals surface area contributed by atoms with Crippen molar-refractivity contribution < 1.29 is 14.6 Å². The molecule has 0 aliphatic carbocycles. The van der Waals surface area contributed by atoms with E-state index < -0.39 is 12.2 Å². The Balaban J connectivity index is 2.08. The number of aliphatic hydroxyl groups excluding tert-OH is 1. The minimum Gasteiger partial charge on any atom is -0.389 e. The summed E-state index contributed by atoms with van der Waals surface area (Å²) in [6.45, 7) is 8.78. The van der Waals surface area contributed by atoms with Crippen LogP contribution in [0.25, 0.3) is 0 Å². The molecule has 4 nitrogen and oxygen atoms in total. The van der Waals surface area contributed by atoms with Crippen LogP contribution in [0.3, 0.4) is 0 Å².